The van der Waals surface area contributed by atoms with Crippen LogP contribution in [0.25, 0.3) is 0 Å². The highest BCUT2D eigenvalue weighted by Gasteiger charge is 2.29. The van der Waals surface area contributed by atoms with Crippen molar-refractivity contribution >= 4 is 5.78 Å². The highest BCUT2D eigenvalue weighted by atomic mass is 16.1. The van der Waals surface area contributed by atoms with E-state index in [1.54, 1.807) is 0 Å². The Morgan fingerprint density at radius 1 is 1.43 bits per heavy atom. The summed E-state index contributed by atoms with van der Waals surface area (Å²) in [5.74, 6) is 0.610. The highest BCUT2D eigenvalue weighted by molar-refractivity contribution is 6.00. The van der Waals surface area contributed by atoms with Crippen LogP contribution in [0.5, 0.6) is 0 Å². The van der Waals surface area contributed by atoms with Crippen LogP contribution in [-0.4, -0.2) is 10.4 Å². The average Bonchev–Trinajstić information content (AvgIpc) is 2.71. The molecule has 2 heterocycles. The first kappa shape index (κ1) is 8.27. The minimum absolute atomic E-state index is 0.241. The monoisotopic (exact) mass is 189 g/mol. The van der Waals surface area contributed by atoms with Gasteiger partial charge in [-0.05, 0) is 31.7 Å². The molecule has 0 N–H and O–H groups in total. The first-order valence-electron chi connectivity index (χ1n) is 5.53. The van der Waals surface area contributed by atoms with E-state index in [0.717, 1.165) is 31.4 Å². The maximum atomic E-state index is 11.9. The Kier molecular flexibility index (Phi) is 1.61. The van der Waals surface area contributed by atoms with E-state index in [1.807, 2.05) is 6.92 Å². The molecule has 0 aromatic carbocycles. The fourth-order valence-electron chi connectivity index (χ4n) is 2.78. The van der Waals surface area contributed by atoms with Crippen molar-refractivity contribution in [2.24, 2.45) is 5.92 Å². The minimum Gasteiger partial charge on any atom is -0.348 e. The topological polar surface area (TPSA) is 22.0 Å². The second-order valence-electron chi connectivity index (χ2n) is 4.56. The number of hydrogen-bond acceptors (Lipinski definition) is 1. The molecule has 1 aromatic rings. The number of rotatable bonds is 0. The van der Waals surface area contributed by atoms with Crippen molar-refractivity contribution in [3.05, 3.63) is 23.0 Å². The molecule has 14 heavy (non-hydrogen) atoms. The van der Waals surface area contributed by atoms with Crippen molar-refractivity contribution in [1.29, 1.82) is 0 Å². The summed E-state index contributed by atoms with van der Waals surface area (Å²) in [7, 11) is 0. The summed E-state index contributed by atoms with van der Waals surface area (Å²) in [6.45, 7) is 3.18. The molecule has 3 rings (SSSR count). The molecule has 0 saturated carbocycles. The Morgan fingerprint density at radius 3 is 3.14 bits per heavy atom. The summed E-state index contributed by atoms with van der Waals surface area (Å²) in [6.07, 6.45) is 4.55. The van der Waals surface area contributed by atoms with Crippen LogP contribution < -0.4 is 0 Å². The summed E-state index contributed by atoms with van der Waals surface area (Å²) in [4.78, 5) is 11.9. The van der Waals surface area contributed by atoms with Crippen molar-refractivity contribution < 1.29 is 4.79 Å². The van der Waals surface area contributed by atoms with E-state index >= 15 is 0 Å². The Morgan fingerprint density at radius 2 is 2.29 bits per heavy atom. The molecule has 1 aliphatic heterocycles. The molecule has 1 aromatic heterocycles. The lowest BCUT2D eigenvalue weighted by atomic mass is 9.87. The molecule has 0 fully saturated rings. The molecule has 0 spiro atoms. The number of ketones is 1. The molecule has 2 heteroatoms. The Labute approximate surface area is 83.9 Å². The minimum atomic E-state index is 0.241. The summed E-state index contributed by atoms with van der Waals surface area (Å²) in [6, 6.07) is 2.14. The van der Waals surface area contributed by atoms with Gasteiger partial charge >= 0.3 is 0 Å². The van der Waals surface area contributed by atoms with Gasteiger partial charge in [0.05, 0.1) is 0 Å². The standard InChI is InChI=1S/C12H15NO/c1-8-4-5-11-10(12(8)14)7-9-3-2-6-13(9)11/h7-8H,2-6H2,1H3. The molecule has 0 bridgehead atoms. The number of nitrogens with zero attached hydrogens (tertiary/aromatic N) is 1. The normalized spacial score (nSPS) is 24.9. The largest absolute Gasteiger partial charge is 0.348 e. The van der Waals surface area contributed by atoms with E-state index < -0.39 is 0 Å². The third-order valence-corrected chi connectivity index (χ3v) is 3.64. The molecule has 2 aliphatic rings. The number of hydrogen-bond donors (Lipinski definition) is 0. The smallest absolute Gasteiger partial charge is 0.167 e. The first-order chi connectivity index (χ1) is 6.77. The molecule has 0 radical (unpaired) electrons. The number of Topliss-reactive ketones (excluding diaryl/α,β-unsaturated/α-hetero) is 1. The van der Waals surface area contributed by atoms with Gasteiger partial charge in [-0.1, -0.05) is 6.92 Å². The summed E-state index contributed by atoms with van der Waals surface area (Å²) in [5, 5.41) is 0. The van der Waals surface area contributed by atoms with Crippen LogP contribution in [0.4, 0.5) is 0 Å². The van der Waals surface area contributed by atoms with Gasteiger partial charge in [-0.3, -0.25) is 4.79 Å². The quantitative estimate of drug-likeness (QED) is 0.613. The van der Waals surface area contributed by atoms with Gasteiger partial charge in [0.2, 0.25) is 0 Å². The van der Waals surface area contributed by atoms with E-state index in [1.165, 1.54) is 17.8 Å². The van der Waals surface area contributed by atoms with E-state index in [0.29, 0.717) is 5.78 Å². The zero-order valence-corrected chi connectivity index (χ0v) is 8.55. The lowest BCUT2D eigenvalue weighted by Crippen LogP contribution is -2.20. The van der Waals surface area contributed by atoms with Crippen LogP contribution >= 0.6 is 0 Å². The van der Waals surface area contributed by atoms with Gasteiger partial charge in [0.1, 0.15) is 0 Å². The second kappa shape index (κ2) is 2.72. The zero-order valence-electron chi connectivity index (χ0n) is 8.55. The van der Waals surface area contributed by atoms with E-state index in [4.69, 9.17) is 0 Å². The van der Waals surface area contributed by atoms with E-state index in [-0.39, 0.29) is 5.92 Å². The van der Waals surface area contributed by atoms with Crippen LogP contribution in [0.15, 0.2) is 6.07 Å². The Balaban J connectivity index is 2.15. The summed E-state index contributed by atoms with van der Waals surface area (Å²) < 4.78 is 2.37. The average molecular weight is 189 g/mol. The van der Waals surface area contributed by atoms with Gasteiger partial charge in [-0.15, -0.1) is 0 Å². The van der Waals surface area contributed by atoms with Crippen LogP contribution in [0.3, 0.4) is 0 Å². The maximum Gasteiger partial charge on any atom is 0.167 e. The maximum absolute atomic E-state index is 11.9. The number of aromatic nitrogens is 1. The zero-order chi connectivity index (χ0) is 9.71. The molecule has 2 nitrogen and oxygen atoms in total. The van der Waals surface area contributed by atoms with Gasteiger partial charge in [0, 0.05) is 29.4 Å². The van der Waals surface area contributed by atoms with Gasteiger partial charge in [-0.2, -0.15) is 0 Å². The summed E-state index contributed by atoms with van der Waals surface area (Å²) in [5.41, 5.74) is 3.73. The number of fused-ring (bicyclic) bond motifs is 3. The third-order valence-electron chi connectivity index (χ3n) is 3.64. The fraction of sp³-hybridized carbons (Fsp3) is 0.583. The molecular formula is C12H15NO. The van der Waals surface area contributed by atoms with Crippen molar-refractivity contribution in [2.45, 2.75) is 39.2 Å². The van der Waals surface area contributed by atoms with Gasteiger partial charge < -0.3 is 4.57 Å². The molecule has 1 unspecified atom stereocenters. The van der Waals surface area contributed by atoms with Crippen molar-refractivity contribution in [3.63, 3.8) is 0 Å². The van der Waals surface area contributed by atoms with Crippen molar-refractivity contribution in [3.8, 4) is 0 Å². The van der Waals surface area contributed by atoms with Crippen LogP contribution in [0.2, 0.25) is 0 Å². The third kappa shape index (κ3) is 0.941. The lowest BCUT2D eigenvalue weighted by molar-refractivity contribution is 0.0912. The predicted octanol–water partition coefficient (Wildman–Crippen LogP) is 2.20. The van der Waals surface area contributed by atoms with Crippen LogP contribution in [0, 0.1) is 5.92 Å². The summed E-state index contributed by atoms with van der Waals surface area (Å²) >= 11 is 0. The second-order valence-corrected chi connectivity index (χ2v) is 4.56. The predicted molar refractivity (Wildman–Crippen MR) is 54.6 cm³/mol. The molecule has 1 aliphatic carbocycles. The number of aryl methyl sites for hydroxylation is 1. The number of carbonyl (C=O) groups is 1. The van der Waals surface area contributed by atoms with Crippen LogP contribution in [-0.2, 0) is 19.4 Å². The first-order valence-corrected chi connectivity index (χ1v) is 5.53. The fourth-order valence-corrected chi connectivity index (χ4v) is 2.78. The lowest BCUT2D eigenvalue weighted by Gasteiger charge is -2.18. The van der Waals surface area contributed by atoms with E-state index in [2.05, 4.69) is 10.6 Å². The molecular weight excluding hydrogens is 174 g/mol. The molecule has 1 atom stereocenters. The number of carbonyl (C=O) groups excluding carboxylic acids is 1. The molecule has 0 amide bonds. The molecule has 74 valence electrons. The SMILES string of the molecule is CC1CCc2c(cc3n2CCC3)C1=O. The van der Waals surface area contributed by atoms with Crippen molar-refractivity contribution in [2.75, 3.05) is 0 Å². The molecule has 0 saturated heterocycles. The van der Waals surface area contributed by atoms with Gasteiger partial charge in [0.25, 0.3) is 0 Å². The van der Waals surface area contributed by atoms with Gasteiger partial charge in [0.15, 0.2) is 5.78 Å². The van der Waals surface area contributed by atoms with Crippen LogP contribution in [0.1, 0.15) is 41.5 Å². The van der Waals surface area contributed by atoms with Gasteiger partial charge in [-0.25, -0.2) is 0 Å². The Bertz CT molecular complexity index is 403. The van der Waals surface area contributed by atoms with Crippen molar-refractivity contribution in [1.82, 2.24) is 4.57 Å². The Hall–Kier alpha value is -1.05. The van der Waals surface area contributed by atoms with E-state index in [9.17, 15) is 4.79 Å². The highest BCUT2D eigenvalue weighted by Crippen LogP contribution is 2.31.